The zero-order chi connectivity index (χ0) is 18.4. The molecule has 0 spiro atoms. The second kappa shape index (κ2) is 6.08. The van der Waals surface area contributed by atoms with Crippen LogP contribution in [0.2, 0.25) is 0 Å². The van der Waals surface area contributed by atoms with Gasteiger partial charge in [0.1, 0.15) is 10.3 Å². The van der Waals surface area contributed by atoms with E-state index in [0.29, 0.717) is 28.6 Å². The number of alkyl halides is 3. The molecule has 0 fully saturated rings. The van der Waals surface area contributed by atoms with Crippen LogP contribution in [0.3, 0.4) is 0 Å². The molecule has 132 valence electrons. The number of fused-ring (bicyclic) bond motifs is 1. The van der Waals surface area contributed by atoms with Gasteiger partial charge in [0.25, 0.3) is 0 Å². The molecule has 0 amide bonds. The number of aromatic nitrogens is 3. The summed E-state index contributed by atoms with van der Waals surface area (Å²) in [5.41, 5.74) is -2.32. The van der Waals surface area contributed by atoms with Crippen molar-refractivity contribution in [2.45, 2.75) is 25.3 Å². The van der Waals surface area contributed by atoms with Gasteiger partial charge >= 0.3 is 6.18 Å². The van der Waals surface area contributed by atoms with Gasteiger partial charge in [0.2, 0.25) is 0 Å². The van der Waals surface area contributed by atoms with Gasteiger partial charge in [-0.1, -0.05) is 6.07 Å². The summed E-state index contributed by atoms with van der Waals surface area (Å²) in [4.78, 5) is 8.42. The minimum Gasteiger partial charge on any atom is -0.392 e. The molecular formula is C16H13BrF3N3O2. The van der Waals surface area contributed by atoms with Gasteiger partial charge in [0, 0.05) is 11.8 Å². The Bertz CT molecular complexity index is 938. The molecule has 0 saturated heterocycles. The van der Waals surface area contributed by atoms with Crippen LogP contribution in [0.1, 0.15) is 18.1 Å². The lowest BCUT2D eigenvalue weighted by molar-refractivity contribution is -0.259. The summed E-state index contributed by atoms with van der Waals surface area (Å²) in [5.74, 6) is 0. The van der Waals surface area contributed by atoms with E-state index in [1.54, 1.807) is 18.2 Å². The molecule has 3 heterocycles. The standard InChI is InChI=1S/C16H13BrF3N3O2/c1-15(25,16(18,19)20)10-7-23-12(11-3-2-4-13(17)22-11)6-21-14(23)5-9(10)8-24/h2-7,24-25H,8H2,1H3. The molecular weight excluding hydrogens is 403 g/mol. The molecule has 25 heavy (non-hydrogen) atoms. The zero-order valence-corrected chi connectivity index (χ0v) is 14.5. The van der Waals surface area contributed by atoms with Crippen molar-refractivity contribution >= 4 is 21.6 Å². The second-order valence-corrected chi connectivity index (χ2v) is 6.47. The topological polar surface area (TPSA) is 70.7 Å². The van der Waals surface area contributed by atoms with E-state index in [2.05, 4.69) is 25.9 Å². The van der Waals surface area contributed by atoms with Crippen molar-refractivity contribution in [1.29, 1.82) is 0 Å². The molecule has 0 aliphatic carbocycles. The number of hydrogen-bond donors (Lipinski definition) is 2. The summed E-state index contributed by atoms with van der Waals surface area (Å²) < 4.78 is 41.8. The second-order valence-electron chi connectivity index (χ2n) is 5.66. The van der Waals surface area contributed by atoms with E-state index in [1.165, 1.54) is 16.7 Å². The molecule has 0 aliphatic rings. The predicted molar refractivity (Wildman–Crippen MR) is 87.7 cm³/mol. The third-order valence-corrected chi connectivity index (χ3v) is 4.40. The Morgan fingerprint density at radius 1 is 1.28 bits per heavy atom. The molecule has 3 aromatic heterocycles. The predicted octanol–water partition coefficient (Wildman–Crippen LogP) is 3.42. The quantitative estimate of drug-likeness (QED) is 0.643. The average Bonchev–Trinajstić information content (AvgIpc) is 2.95. The summed E-state index contributed by atoms with van der Waals surface area (Å²) >= 11 is 3.24. The van der Waals surface area contributed by atoms with Crippen molar-refractivity contribution in [3.05, 3.63) is 52.4 Å². The van der Waals surface area contributed by atoms with Gasteiger partial charge in [-0.25, -0.2) is 9.97 Å². The van der Waals surface area contributed by atoms with Gasteiger partial charge in [0.15, 0.2) is 5.60 Å². The van der Waals surface area contributed by atoms with Gasteiger partial charge in [-0.3, -0.25) is 4.40 Å². The molecule has 0 radical (unpaired) electrons. The summed E-state index contributed by atoms with van der Waals surface area (Å²) in [6, 6.07) is 6.46. The molecule has 9 heteroatoms. The van der Waals surface area contributed by atoms with Crippen molar-refractivity contribution < 1.29 is 23.4 Å². The van der Waals surface area contributed by atoms with E-state index >= 15 is 0 Å². The largest absolute Gasteiger partial charge is 0.421 e. The Labute approximate surface area is 148 Å². The van der Waals surface area contributed by atoms with Crippen LogP contribution in [0.5, 0.6) is 0 Å². The first-order chi connectivity index (χ1) is 11.6. The van der Waals surface area contributed by atoms with Crippen molar-refractivity contribution in [2.75, 3.05) is 0 Å². The van der Waals surface area contributed by atoms with Gasteiger partial charge in [-0.2, -0.15) is 13.2 Å². The number of pyridine rings is 2. The van der Waals surface area contributed by atoms with E-state index in [0.717, 1.165) is 6.20 Å². The Balaban J connectivity index is 2.27. The molecule has 2 N–H and O–H groups in total. The third kappa shape index (κ3) is 3.03. The lowest BCUT2D eigenvalue weighted by atomic mass is 9.92. The highest BCUT2D eigenvalue weighted by atomic mass is 79.9. The third-order valence-electron chi connectivity index (χ3n) is 3.96. The molecule has 0 aromatic carbocycles. The van der Waals surface area contributed by atoms with Crippen LogP contribution in [-0.4, -0.2) is 30.8 Å². The molecule has 1 atom stereocenters. The van der Waals surface area contributed by atoms with Crippen molar-refractivity contribution in [2.24, 2.45) is 0 Å². The van der Waals surface area contributed by atoms with E-state index in [9.17, 15) is 23.4 Å². The number of hydrogen-bond acceptors (Lipinski definition) is 4. The van der Waals surface area contributed by atoms with E-state index in [1.807, 2.05) is 0 Å². The van der Waals surface area contributed by atoms with Crippen LogP contribution in [0.25, 0.3) is 17.0 Å². The fourth-order valence-electron chi connectivity index (χ4n) is 2.53. The number of aliphatic hydroxyl groups excluding tert-OH is 1. The number of rotatable bonds is 3. The fraction of sp³-hybridized carbons (Fsp3) is 0.250. The number of aliphatic hydroxyl groups is 2. The zero-order valence-electron chi connectivity index (χ0n) is 12.9. The molecule has 3 aromatic rings. The van der Waals surface area contributed by atoms with Crippen LogP contribution >= 0.6 is 15.9 Å². The van der Waals surface area contributed by atoms with Crippen LogP contribution in [0, 0.1) is 0 Å². The number of halogens is 4. The van der Waals surface area contributed by atoms with Crippen LogP contribution in [0.4, 0.5) is 13.2 Å². The Morgan fingerprint density at radius 2 is 2.00 bits per heavy atom. The van der Waals surface area contributed by atoms with E-state index < -0.39 is 23.9 Å². The van der Waals surface area contributed by atoms with Crippen LogP contribution < -0.4 is 0 Å². The van der Waals surface area contributed by atoms with Crippen LogP contribution in [-0.2, 0) is 12.2 Å². The molecule has 3 rings (SSSR count). The molecule has 5 nitrogen and oxygen atoms in total. The van der Waals surface area contributed by atoms with Gasteiger partial charge in [-0.15, -0.1) is 0 Å². The summed E-state index contributed by atoms with van der Waals surface area (Å²) in [6.07, 6.45) is -2.30. The summed E-state index contributed by atoms with van der Waals surface area (Å²) in [5, 5.41) is 19.5. The van der Waals surface area contributed by atoms with Gasteiger partial charge in [0.05, 0.1) is 24.2 Å². The van der Waals surface area contributed by atoms with Gasteiger partial charge < -0.3 is 10.2 Å². The minimum absolute atomic E-state index is 0.0471. The minimum atomic E-state index is -4.90. The van der Waals surface area contributed by atoms with Crippen LogP contribution in [0.15, 0.2) is 41.3 Å². The van der Waals surface area contributed by atoms with Crippen molar-refractivity contribution in [3.63, 3.8) is 0 Å². The van der Waals surface area contributed by atoms with E-state index in [4.69, 9.17) is 0 Å². The maximum atomic E-state index is 13.3. The highest BCUT2D eigenvalue weighted by molar-refractivity contribution is 9.10. The molecule has 0 aliphatic heterocycles. The smallest absolute Gasteiger partial charge is 0.392 e. The fourth-order valence-corrected chi connectivity index (χ4v) is 2.87. The average molecular weight is 416 g/mol. The summed E-state index contributed by atoms with van der Waals surface area (Å²) in [7, 11) is 0. The van der Waals surface area contributed by atoms with E-state index in [-0.39, 0.29) is 5.56 Å². The Kier molecular flexibility index (Phi) is 4.34. The normalized spacial score (nSPS) is 14.7. The van der Waals surface area contributed by atoms with Gasteiger partial charge in [-0.05, 0) is 46.6 Å². The monoisotopic (exact) mass is 415 g/mol. The maximum Gasteiger partial charge on any atom is 0.421 e. The summed E-state index contributed by atoms with van der Waals surface area (Å²) in [6.45, 7) is -0.00330. The van der Waals surface area contributed by atoms with Crippen molar-refractivity contribution in [3.8, 4) is 11.4 Å². The van der Waals surface area contributed by atoms with Crippen molar-refractivity contribution in [1.82, 2.24) is 14.4 Å². The first-order valence-electron chi connectivity index (χ1n) is 7.18. The molecule has 0 bridgehead atoms. The first kappa shape index (κ1) is 17.8. The first-order valence-corrected chi connectivity index (χ1v) is 7.98. The molecule has 0 saturated carbocycles. The Morgan fingerprint density at radius 3 is 2.60 bits per heavy atom. The number of nitrogens with zero attached hydrogens (tertiary/aromatic N) is 3. The number of imidazole rings is 1. The lowest BCUT2D eigenvalue weighted by Gasteiger charge is -2.28. The Hall–Kier alpha value is -1.97. The highest BCUT2D eigenvalue weighted by Crippen LogP contribution is 2.40. The maximum absolute atomic E-state index is 13.3. The lowest BCUT2D eigenvalue weighted by Crippen LogP contribution is -2.40. The highest BCUT2D eigenvalue weighted by Gasteiger charge is 2.52. The SMILES string of the molecule is CC(O)(c1cn2c(-c3cccc(Br)n3)cnc2cc1CO)C(F)(F)F. The molecule has 1 unspecified atom stereocenters.